The van der Waals surface area contributed by atoms with Gasteiger partial charge in [-0.3, -0.25) is 9.89 Å². The van der Waals surface area contributed by atoms with Crippen molar-refractivity contribution in [3.05, 3.63) is 95.8 Å². The van der Waals surface area contributed by atoms with Gasteiger partial charge in [-0.1, -0.05) is 61.9 Å². The number of para-hydroxylation sites is 1. The summed E-state index contributed by atoms with van der Waals surface area (Å²) in [4.78, 5) is 11.9. The number of ketones is 1. The highest BCUT2D eigenvalue weighted by molar-refractivity contribution is 6.00. The molecule has 0 spiro atoms. The first-order valence-electron chi connectivity index (χ1n) is 10.5. The minimum absolute atomic E-state index is 0.0339. The Hall–Kier alpha value is -3.66. The molecule has 0 aliphatic rings. The fraction of sp³-hybridized carbons (Fsp3) is 0.185. The van der Waals surface area contributed by atoms with Crippen molar-refractivity contribution in [1.29, 1.82) is 0 Å². The number of hydrogen-bond donors (Lipinski definition) is 2. The van der Waals surface area contributed by atoms with Crippen LogP contribution in [0.25, 0.3) is 17.0 Å². The van der Waals surface area contributed by atoms with Crippen LogP contribution >= 0.6 is 0 Å². The molecule has 3 rings (SSSR count). The lowest BCUT2D eigenvalue weighted by molar-refractivity contribution is 0.101. The average Bonchev–Trinajstić information content (AvgIpc) is 3.15. The summed E-state index contributed by atoms with van der Waals surface area (Å²) in [5.41, 5.74) is 6.63. The number of carbonyl (C=O) groups excluding carboxylic acids is 1. The lowest BCUT2D eigenvalue weighted by atomic mass is 10.1. The summed E-state index contributed by atoms with van der Waals surface area (Å²) in [6.07, 6.45) is 12.3. The molecule has 0 aliphatic heterocycles. The monoisotopic (exact) mass is 411 g/mol. The summed E-state index contributed by atoms with van der Waals surface area (Å²) in [6, 6.07) is 13.6. The van der Waals surface area contributed by atoms with Crippen molar-refractivity contribution in [3.8, 4) is 0 Å². The number of Topliss-reactive ketones (excluding diaryl/α,β-unsaturated/α-hetero) is 1. The number of fused-ring (bicyclic) bond motifs is 1. The number of nitrogens with zero attached hydrogens (tertiary/aromatic N) is 1. The molecule has 4 nitrogen and oxygen atoms in total. The number of aromatic nitrogens is 2. The first kappa shape index (κ1) is 22.0. The number of carbonyl (C=O) groups is 1. The lowest BCUT2D eigenvalue weighted by Crippen LogP contribution is -1.99. The molecule has 1 heterocycles. The molecule has 31 heavy (non-hydrogen) atoms. The fourth-order valence-corrected chi connectivity index (χ4v) is 3.49. The van der Waals surface area contributed by atoms with Gasteiger partial charge in [0.15, 0.2) is 5.78 Å². The minimum atomic E-state index is 0.0339. The maximum atomic E-state index is 11.9. The molecular formula is C27H29N3O. The number of allylic oxidation sites excluding steroid dienone is 6. The molecule has 0 fully saturated rings. The Labute approximate surface area is 184 Å². The lowest BCUT2D eigenvalue weighted by Gasteiger charge is -2.10. The Morgan fingerprint density at radius 2 is 2.00 bits per heavy atom. The maximum absolute atomic E-state index is 11.9. The molecule has 0 radical (unpaired) electrons. The van der Waals surface area contributed by atoms with Gasteiger partial charge in [-0.15, -0.1) is 0 Å². The smallest absolute Gasteiger partial charge is 0.161 e. The Bertz CT molecular complexity index is 1180. The van der Waals surface area contributed by atoms with Crippen molar-refractivity contribution in [2.75, 3.05) is 5.32 Å². The topological polar surface area (TPSA) is 57.8 Å². The van der Waals surface area contributed by atoms with E-state index in [4.69, 9.17) is 0 Å². The number of rotatable bonds is 9. The number of nitrogens with one attached hydrogen (secondary N) is 2. The highest BCUT2D eigenvalue weighted by atomic mass is 16.1. The predicted octanol–water partition coefficient (Wildman–Crippen LogP) is 7.38. The van der Waals surface area contributed by atoms with Gasteiger partial charge in [-0.25, -0.2) is 0 Å². The van der Waals surface area contributed by atoms with Gasteiger partial charge >= 0.3 is 0 Å². The van der Waals surface area contributed by atoms with Crippen LogP contribution in [0, 0.1) is 0 Å². The summed E-state index contributed by atoms with van der Waals surface area (Å²) in [6.45, 7) is 9.64. The van der Waals surface area contributed by atoms with Crippen molar-refractivity contribution < 1.29 is 4.79 Å². The van der Waals surface area contributed by atoms with E-state index in [1.54, 1.807) is 6.92 Å². The zero-order valence-corrected chi connectivity index (χ0v) is 18.4. The Balaban J connectivity index is 1.81. The molecule has 0 aliphatic carbocycles. The highest BCUT2D eigenvalue weighted by Gasteiger charge is 2.08. The van der Waals surface area contributed by atoms with Crippen molar-refractivity contribution in [2.24, 2.45) is 0 Å². The Kier molecular flexibility index (Phi) is 7.39. The molecule has 4 heteroatoms. The number of benzene rings is 2. The summed E-state index contributed by atoms with van der Waals surface area (Å²) in [7, 11) is 0. The number of hydrogen-bond acceptors (Lipinski definition) is 3. The number of anilines is 2. The van der Waals surface area contributed by atoms with E-state index in [1.807, 2.05) is 54.6 Å². The third kappa shape index (κ3) is 5.70. The number of aromatic amines is 1. The predicted molar refractivity (Wildman–Crippen MR) is 132 cm³/mol. The van der Waals surface area contributed by atoms with E-state index in [0.29, 0.717) is 5.56 Å². The van der Waals surface area contributed by atoms with Crippen molar-refractivity contribution in [1.82, 2.24) is 10.2 Å². The first-order chi connectivity index (χ1) is 15.0. The van der Waals surface area contributed by atoms with E-state index in [2.05, 4.69) is 54.2 Å². The molecule has 2 N–H and O–H groups in total. The molecule has 0 saturated heterocycles. The molecule has 2 aromatic carbocycles. The average molecular weight is 412 g/mol. The first-order valence-corrected chi connectivity index (χ1v) is 10.5. The van der Waals surface area contributed by atoms with Gasteiger partial charge in [0.2, 0.25) is 0 Å². The van der Waals surface area contributed by atoms with Crippen LogP contribution < -0.4 is 5.32 Å². The van der Waals surface area contributed by atoms with Crippen molar-refractivity contribution >= 4 is 34.1 Å². The molecule has 3 aromatic rings. The van der Waals surface area contributed by atoms with E-state index >= 15 is 0 Å². The van der Waals surface area contributed by atoms with Gasteiger partial charge in [0.1, 0.15) is 0 Å². The Morgan fingerprint density at radius 3 is 2.74 bits per heavy atom. The molecule has 0 bridgehead atoms. The normalized spacial score (nSPS) is 12.5. The fourth-order valence-electron chi connectivity index (χ4n) is 3.49. The van der Waals surface area contributed by atoms with Gasteiger partial charge in [0.05, 0.1) is 11.2 Å². The third-order valence-corrected chi connectivity index (χ3v) is 4.97. The molecule has 0 atom stereocenters. The van der Waals surface area contributed by atoms with Crippen LogP contribution in [-0.4, -0.2) is 16.0 Å². The van der Waals surface area contributed by atoms with Crippen LogP contribution in [0.3, 0.4) is 0 Å². The SMILES string of the molecule is C=C\C=C(/C=C(C)/C=C/c1n[nH]c2cc(Nc3ccccc3C(C)=O)ccc12)CCC. The standard InChI is InChI=1S/C27H29N3O/c1-5-9-21(10-6-2)17-19(3)13-16-26-24-15-14-22(18-27(24)30-29-26)28-25-12-8-7-11-23(25)20(4)31/h5,7-9,11-18,28H,1,6,10H2,2-4H3,(H,29,30)/b16-13+,19-17+,21-9-. The molecular weight excluding hydrogens is 382 g/mol. The highest BCUT2D eigenvalue weighted by Crippen LogP contribution is 2.26. The van der Waals surface area contributed by atoms with E-state index in [1.165, 1.54) is 5.57 Å². The zero-order chi connectivity index (χ0) is 22.2. The summed E-state index contributed by atoms with van der Waals surface area (Å²) < 4.78 is 0. The second kappa shape index (κ2) is 10.4. The summed E-state index contributed by atoms with van der Waals surface area (Å²) >= 11 is 0. The molecule has 1 aromatic heterocycles. The van der Waals surface area contributed by atoms with Crippen LogP contribution in [0.5, 0.6) is 0 Å². The van der Waals surface area contributed by atoms with Crippen molar-refractivity contribution in [3.63, 3.8) is 0 Å². The van der Waals surface area contributed by atoms with Crippen LogP contribution in [0.2, 0.25) is 0 Å². The maximum Gasteiger partial charge on any atom is 0.161 e. The summed E-state index contributed by atoms with van der Waals surface area (Å²) in [5.74, 6) is 0.0339. The Morgan fingerprint density at radius 1 is 1.19 bits per heavy atom. The molecule has 158 valence electrons. The van der Waals surface area contributed by atoms with Gasteiger partial charge in [-0.2, -0.15) is 5.10 Å². The molecule has 0 amide bonds. The molecule has 0 saturated carbocycles. The van der Waals surface area contributed by atoms with Gasteiger partial charge in [0.25, 0.3) is 0 Å². The van der Waals surface area contributed by atoms with E-state index in [9.17, 15) is 4.79 Å². The number of H-pyrrole nitrogens is 1. The van der Waals surface area contributed by atoms with Crippen LogP contribution in [0.1, 0.15) is 49.7 Å². The zero-order valence-electron chi connectivity index (χ0n) is 18.4. The van der Waals surface area contributed by atoms with E-state index in [0.717, 1.165) is 46.4 Å². The van der Waals surface area contributed by atoms with Crippen LogP contribution in [0.4, 0.5) is 11.4 Å². The van der Waals surface area contributed by atoms with Crippen LogP contribution in [-0.2, 0) is 0 Å². The second-order valence-electron chi connectivity index (χ2n) is 7.54. The largest absolute Gasteiger partial charge is 0.355 e. The summed E-state index contributed by atoms with van der Waals surface area (Å²) in [5, 5.41) is 12.0. The van der Waals surface area contributed by atoms with Gasteiger partial charge in [0, 0.05) is 22.3 Å². The van der Waals surface area contributed by atoms with Gasteiger partial charge < -0.3 is 5.32 Å². The third-order valence-electron chi connectivity index (χ3n) is 4.97. The van der Waals surface area contributed by atoms with E-state index in [-0.39, 0.29) is 5.78 Å². The van der Waals surface area contributed by atoms with Gasteiger partial charge in [-0.05, 0) is 62.2 Å². The van der Waals surface area contributed by atoms with E-state index < -0.39 is 0 Å². The minimum Gasteiger partial charge on any atom is -0.355 e. The van der Waals surface area contributed by atoms with Crippen LogP contribution in [0.15, 0.2) is 84.5 Å². The molecule has 0 unspecified atom stereocenters. The second-order valence-corrected chi connectivity index (χ2v) is 7.54. The quantitative estimate of drug-likeness (QED) is 0.285. The van der Waals surface area contributed by atoms with Crippen molar-refractivity contribution in [2.45, 2.75) is 33.6 Å².